The monoisotopic (exact) mass is 262 g/mol. The zero-order chi connectivity index (χ0) is 12.9. The molecule has 4 nitrogen and oxygen atoms in total. The van der Waals surface area contributed by atoms with E-state index in [0.29, 0.717) is 37.3 Å². The van der Waals surface area contributed by atoms with Gasteiger partial charge in [-0.25, -0.2) is 8.42 Å². The maximum Gasteiger partial charge on any atom is 0.151 e. The van der Waals surface area contributed by atoms with Gasteiger partial charge in [0.2, 0.25) is 0 Å². The Balaban J connectivity index is 2.53. The highest BCUT2D eigenvalue weighted by Crippen LogP contribution is 2.21. The minimum atomic E-state index is -2.87. The lowest BCUT2D eigenvalue weighted by molar-refractivity contribution is 0.105. The van der Waals surface area contributed by atoms with Gasteiger partial charge in [0.1, 0.15) is 0 Å². The van der Waals surface area contributed by atoms with Crippen molar-refractivity contribution in [2.45, 2.75) is 51.6 Å². The topological polar surface area (TPSA) is 63.4 Å². The number of rotatable bonds is 6. The molecule has 17 heavy (non-hydrogen) atoms. The molecule has 0 aliphatic carbocycles. The molecule has 1 aliphatic heterocycles. The van der Waals surface area contributed by atoms with Gasteiger partial charge >= 0.3 is 0 Å². The molecule has 0 aromatic carbocycles. The molecule has 102 valence electrons. The third kappa shape index (κ3) is 4.56. The Morgan fingerprint density at radius 1 is 1.29 bits per heavy atom. The van der Waals surface area contributed by atoms with Crippen molar-refractivity contribution in [1.29, 1.82) is 0 Å². The van der Waals surface area contributed by atoms with E-state index < -0.39 is 9.84 Å². The zero-order valence-corrected chi connectivity index (χ0v) is 11.9. The van der Waals surface area contributed by atoms with Gasteiger partial charge in [0.15, 0.2) is 9.84 Å². The van der Waals surface area contributed by atoms with Crippen molar-refractivity contribution < 1.29 is 8.42 Å². The van der Waals surface area contributed by atoms with Crippen LogP contribution < -0.4 is 5.73 Å². The van der Waals surface area contributed by atoms with Gasteiger partial charge in [-0.3, -0.25) is 4.90 Å². The lowest BCUT2D eigenvalue weighted by atomic mass is 9.97. The Morgan fingerprint density at radius 3 is 2.59 bits per heavy atom. The Labute approximate surface area is 105 Å². The molecule has 0 amide bonds. The first-order valence-corrected chi connectivity index (χ1v) is 8.48. The van der Waals surface area contributed by atoms with Crippen LogP contribution in [0.5, 0.6) is 0 Å². The molecule has 0 saturated carbocycles. The molecule has 1 fully saturated rings. The van der Waals surface area contributed by atoms with E-state index >= 15 is 0 Å². The standard InChI is InChI=1S/C12H26N2O2S/c1-3-8-17(15,16)9-7-14-11(2)5-4-6-12(14)10-13/h11-12H,3-10,13H2,1-2H3. The van der Waals surface area contributed by atoms with E-state index in [0.717, 1.165) is 12.8 Å². The van der Waals surface area contributed by atoms with Crippen LogP contribution in [0.2, 0.25) is 0 Å². The minimum Gasteiger partial charge on any atom is -0.329 e. The average Bonchev–Trinajstić information content (AvgIpc) is 2.27. The first-order chi connectivity index (χ1) is 8.00. The highest BCUT2D eigenvalue weighted by atomic mass is 32.2. The van der Waals surface area contributed by atoms with E-state index in [1.54, 1.807) is 0 Å². The molecule has 0 spiro atoms. The zero-order valence-electron chi connectivity index (χ0n) is 11.1. The summed E-state index contributed by atoms with van der Waals surface area (Å²) in [5.41, 5.74) is 5.76. The maximum absolute atomic E-state index is 11.7. The van der Waals surface area contributed by atoms with Crippen LogP contribution in [0, 0.1) is 0 Å². The number of sulfone groups is 1. The maximum atomic E-state index is 11.7. The Morgan fingerprint density at radius 2 is 2.00 bits per heavy atom. The number of nitrogens with zero attached hydrogens (tertiary/aromatic N) is 1. The third-order valence-corrected chi connectivity index (χ3v) is 5.48. The summed E-state index contributed by atoms with van der Waals surface area (Å²) in [6.07, 6.45) is 4.18. The van der Waals surface area contributed by atoms with Crippen LogP contribution >= 0.6 is 0 Å². The van der Waals surface area contributed by atoms with Crippen LogP contribution in [0.3, 0.4) is 0 Å². The Bertz CT molecular complexity index is 316. The number of likely N-dealkylation sites (tertiary alicyclic amines) is 1. The number of hydrogen-bond donors (Lipinski definition) is 1. The number of piperidine rings is 1. The molecule has 0 radical (unpaired) electrons. The van der Waals surface area contributed by atoms with E-state index in [4.69, 9.17) is 5.73 Å². The lowest BCUT2D eigenvalue weighted by Crippen LogP contribution is -2.50. The fourth-order valence-corrected chi connectivity index (χ4v) is 3.97. The molecule has 1 heterocycles. The highest BCUT2D eigenvalue weighted by molar-refractivity contribution is 7.91. The second-order valence-corrected chi connectivity index (χ2v) is 7.36. The lowest BCUT2D eigenvalue weighted by Gasteiger charge is -2.40. The van der Waals surface area contributed by atoms with Gasteiger partial charge in [-0.1, -0.05) is 13.3 Å². The number of nitrogens with two attached hydrogens (primary N) is 1. The van der Waals surface area contributed by atoms with E-state index in [-0.39, 0.29) is 5.75 Å². The second kappa shape index (κ2) is 6.71. The smallest absolute Gasteiger partial charge is 0.151 e. The molecule has 1 aliphatic rings. The number of hydrogen-bond acceptors (Lipinski definition) is 4. The summed E-state index contributed by atoms with van der Waals surface area (Å²) >= 11 is 0. The predicted molar refractivity (Wildman–Crippen MR) is 71.8 cm³/mol. The average molecular weight is 262 g/mol. The van der Waals surface area contributed by atoms with E-state index in [9.17, 15) is 8.42 Å². The van der Waals surface area contributed by atoms with Gasteiger partial charge in [-0.05, 0) is 26.2 Å². The van der Waals surface area contributed by atoms with Crippen molar-refractivity contribution in [2.24, 2.45) is 5.73 Å². The van der Waals surface area contributed by atoms with Crippen LogP contribution in [-0.2, 0) is 9.84 Å². The van der Waals surface area contributed by atoms with Crippen molar-refractivity contribution in [3.8, 4) is 0 Å². The van der Waals surface area contributed by atoms with Crippen LogP contribution in [0.25, 0.3) is 0 Å². The fraction of sp³-hybridized carbons (Fsp3) is 1.00. The fourth-order valence-electron chi connectivity index (χ4n) is 2.65. The summed E-state index contributed by atoms with van der Waals surface area (Å²) < 4.78 is 23.4. The van der Waals surface area contributed by atoms with Gasteiger partial charge in [0, 0.05) is 30.9 Å². The first kappa shape index (κ1) is 14.9. The summed E-state index contributed by atoms with van der Waals surface area (Å²) in [5.74, 6) is 0.587. The van der Waals surface area contributed by atoms with Gasteiger partial charge in [-0.15, -0.1) is 0 Å². The van der Waals surface area contributed by atoms with E-state index in [2.05, 4.69) is 11.8 Å². The molecule has 0 aromatic rings. The summed E-state index contributed by atoms with van der Waals surface area (Å²) in [5, 5.41) is 0. The molecule has 2 unspecified atom stereocenters. The normalized spacial score (nSPS) is 27.2. The Hall–Kier alpha value is -0.130. The third-order valence-electron chi connectivity index (χ3n) is 3.64. The van der Waals surface area contributed by atoms with Crippen molar-refractivity contribution in [2.75, 3.05) is 24.6 Å². The second-order valence-electron chi connectivity index (χ2n) is 5.06. The van der Waals surface area contributed by atoms with Crippen LogP contribution in [0.4, 0.5) is 0 Å². The van der Waals surface area contributed by atoms with Gasteiger partial charge < -0.3 is 5.73 Å². The Kier molecular flexibility index (Phi) is 5.89. The quantitative estimate of drug-likeness (QED) is 0.776. The summed E-state index contributed by atoms with van der Waals surface area (Å²) in [7, 11) is -2.87. The van der Waals surface area contributed by atoms with Crippen LogP contribution in [0.15, 0.2) is 0 Å². The van der Waals surface area contributed by atoms with Crippen LogP contribution in [-0.4, -0.2) is 50.0 Å². The van der Waals surface area contributed by atoms with Gasteiger partial charge in [0.25, 0.3) is 0 Å². The highest BCUT2D eigenvalue weighted by Gasteiger charge is 2.27. The largest absolute Gasteiger partial charge is 0.329 e. The molecule has 1 saturated heterocycles. The molecule has 0 aromatic heterocycles. The van der Waals surface area contributed by atoms with Crippen LogP contribution in [0.1, 0.15) is 39.5 Å². The molecule has 5 heteroatoms. The van der Waals surface area contributed by atoms with Gasteiger partial charge in [0.05, 0.1) is 5.75 Å². The van der Waals surface area contributed by atoms with E-state index in [1.807, 2.05) is 6.92 Å². The van der Waals surface area contributed by atoms with Crippen molar-refractivity contribution in [3.63, 3.8) is 0 Å². The summed E-state index contributed by atoms with van der Waals surface area (Å²) in [6.45, 7) is 5.36. The minimum absolute atomic E-state index is 0.279. The van der Waals surface area contributed by atoms with Crippen molar-refractivity contribution in [3.05, 3.63) is 0 Å². The van der Waals surface area contributed by atoms with Gasteiger partial charge in [-0.2, -0.15) is 0 Å². The molecule has 2 N–H and O–H groups in total. The predicted octanol–water partition coefficient (Wildman–Crippen LogP) is 1.01. The molecule has 1 rings (SSSR count). The van der Waals surface area contributed by atoms with Crippen molar-refractivity contribution in [1.82, 2.24) is 4.90 Å². The molecular weight excluding hydrogens is 236 g/mol. The van der Waals surface area contributed by atoms with E-state index in [1.165, 1.54) is 6.42 Å². The van der Waals surface area contributed by atoms with Crippen molar-refractivity contribution >= 4 is 9.84 Å². The molecular formula is C12H26N2O2S. The summed E-state index contributed by atoms with van der Waals surface area (Å²) in [4.78, 5) is 2.29. The SMILES string of the molecule is CCCS(=O)(=O)CCN1C(C)CCCC1CN. The molecule has 2 atom stereocenters. The first-order valence-electron chi connectivity index (χ1n) is 6.66. The molecule has 0 bridgehead atoms. The summed E-state index contributed by atoms with van der Waals surface area (Å²) in [6, 6.07) is 0.838.